The molecule has 2 atom stereocenters. The molecule has 0 aliphatic rings. The first-order valence-corrected chi connectivity index (χ1v) is 5.30. The van der Waals surface area contributed by atoms with Gasteiger partial charge in [-0.25, -0.2) is 4.79 Å². The van der Waals surface area contributed by atoms with Gasteiger partial charge >= 0.3 is 5.97 Å². The molecule has 0 aromatic carbocycles. The van der Waals surface area contributed by atoms with Gasteiger partial charge in [-0.1, -0.05) is 20.3 Å². The summed E-state index contributed by atoms with van der Waals surface area (Å²) in [6.45, 7) is 3.94. The Morgan fingerprint density at radius 2 is 2.00 bits per heavy atom. The first kappa shape index (κ1) is 13.9. The lowest BCUT2D eigenvalue weighted by atomic mass is 10.0. The van der Waals surface area contributed by atoms with Gasteiger partial charge in [0, 0.05) is 6.54 Å². The van der Waals surface area contributed by atoms with Crippen molar-refractivity contribution in [2.45, 2.75) is 39.2 Å². The van der Waals surface area contributed by atoms with E-state index < -0.39 is 12.0 Å². The highest BCUT2D eigenvalue weighted by Crippen LogP contribution is 2.05. The van der Waals surface area contributed by atoms with Crippen LogP contribution in [0.5, 0.6) is 0 Å². The normalized spacial score (nSPS) is 14.3. The van der Waals surface area contributed by atoms with Crippen molar-refractivity contribution in [3.63, 3.8) is 0 Å². The minimum Gasteiger partial charge on any atom is -0.480 e. The van der Waals surface area contributed by atoms with Crippen LogP contribution in [0.3, 0.4) is 0 Å². The molecule has 5 heteroatoms. The van der Waals surface area contributed by atoms with Crippen LogP contribution in [-0.4, -0.2) is 29.6 Å². The van der Waals surface area contributed by atoms with Gasteiger partial charge in [-0.05, 0) is 12.8 Å². The third-order valence-electron chi connectivity index (χ3n) is 2.32. The fraction of sp³-hybridized carbons (Fsp3) is 0.800. The molecule has 0 bridgehead atoms. The number of hydrogen-bond acceptors (Lipinski definition) is 3. The van der Waals surface area contributed by atoms with Crippen molar-refractivity contribution in [1.82, 2.24) is 5.32 Å². The van der Waals surface area contributed by atoms with Crippen molar-refractivity contribution in [3.8, 4) is 0 Å². The number of amides is 1. The maximum atomic E-state index is 11.6. The Hall–Kier alpha value is -1.10. The lowest BCUT2D eigenvalue weighted by Gasteiger charge is -2.17. The summed E-state index contributed by atoms with van der Waals surface area (Å²) < 4.78 is 0. The summed E-state index contributed by atoms with van der Waals surface area (Å²) in [4.78, 5) is 22.3. The smallest absolute Gasteiger partial charge is 0.326 e. The average molecular weight is 216 g/mol. The van der Waals surface area contributed by atoms with Gasteiger partial charge in [0.25, 0.3) is 0 Å². The van der Waals surface area contributed by atoms with E-state index in [1.54, 1.807) is 6.92 Å². The predicted octanol–water partition coefficient (Wildman–Crippen LogP) is 0.341. The molecule has 0 saturated carbocycles. The van der Waals surface area contributed by atoms with E-state index in [1.807, 2.05) is 6.92 Å². The van der Waals surface area contributed by atoms with Crippen molar-refractivity contribution in [2.75, 3.05) is 6.54 Å². The number of nitrogens with one attached hydrogen (secondary N) is 1. The van der Waals surface area contributed by atoms with Gasteiger partial charge in [0.2, 0.25) is 5.91 Å². The highest BCUT2D eigenvalue weighted by Gasteiger charge is 2.22. The minimum absolute atomic E-state index is 0.256. The number of aliphatic carboxylic acids is 1. The van der Waals surface area contributed by atoms with E-state index in [-0.39, 0.29) is 18.4 Å². The molecular formula is C10H20N2O3. The Kier molecular flexibility index (Phi) is 6.70. The summed E-state index contributed by atoms with van der Waals surface area (Å²) in [5.41, 5.74) is 5.44. The van der Waals surface area contributed by atoms with E-state index in [4.69, 9.17) is 10.8 Å². The summed E-state index contributed by atoms with van der Waals surface area (Å²) in [6, 6.07) is -0.802. The standard InChI is InChI=1S/C10H20N2O3/c1-3-5-7(6-11)9(13)12-8(4-2)10(14)15/h7-8H,3-6,11H2,1-2H3,(H,12,13)(H,14,15). The van der Waals surface area contributed by atoms with E-state index >= 15 is 0 Å². The van der Waals surface area contributed by atoms with Crippen LogP contribution in [0.15, 0.2) is 0 Å². The van der Waals surface area contributed by atoms with Crippen molar-refractivity contribution >= 4 is 11.9 Å². The second-order valence-electron chi connectivity index (χ2n) is 3.53. The lowest BCUT2D eigenvalue weighted by molar-refractivity contribution is -0.142. The van der Waals surface area contributed by atoms with E-state index in [9.17, 15) is 9.59 Å². The molecule has 0 rings (SSSR count). The van der Waals surface area contributed by atoms with Crippen LogP contribution in [0, 0.1) is 5.92 Å². The number of carbonyl (C=O) groups excluding carboxylic acids is 1. The van der Waals surface area contributed by atoms with Gasteiger partial charge < -0.3 is 16.2 Å². The number of rotatable bonds is 7. The molecule has 4 N–H and O–H groups in total. The summed E-state index contributed by atoms with van der Waals surface area (Å²) in [5.74, 6) is -1.53. The van der Waals surface area contributed by atoms with Crippen LogP contribution in [0.2, 0.25) is 0 Å². The molecule has 1 amide bonds. The molecule has 0 aromatic rings. The first-order chi connectivity index (χ1) is 7.06. The Morgan fingerprint density at radius 3 is 2.33 bits per heavy atom. The molecule has 5 nitrogen and oxygen atoms in total. The number of carboxylic acids is 1. The molecule has 0 heterocycles. The SMILES string of the molecule is CCCC(CN)C(=O)NC(CC)C(=O)O. The van der Waals surface area contributed by atoms with Gasteiger partial charge in [-0.15, -0.1) is 0 Å². The second-order valence-corrected chi connectivity index (χ2v) is 3.53. The van der Waals surface area contributed by atoms with E-state index in [0.717, 1.165) is 6.42 Å². The number of carbonyl (C=O) groups is 2. The largest absolute Gasteiger partial charge is 0.480 e. The van der Waals surface area contributed by atoms with Crippen molar-refractivity contribution in [1.29, 1.82) is 0 Å². The zero-order valence-corrected chi connectivity index (χ0v) is 9.32. The average Bonchev–Trinajstić information content (AvgIpc) is 2.21. The lowest BCUT2D eigenvalue weighted by Crippen LogP contribution is -2.44. The molecule has 0 saturated heterocycles. The fourth-order valence-electron chi connectivity index (χ4n) is 1.33. The number of carboxylic acid groups (broad SMARTS) is 1. The molecule has 15 heavy (non-hydrogen) atoms. The quantitative estimate of drug-likeness (QED) is 0.572. The highest BCUT2D eigenvalue weighted by atomic mass is 16.4. The fourth-order valence-corrected chi connectivity index (χ4v) is 1.33. The maximum Gasteiger partial charge on any atom is 0.326 e. The topological polar surface area (TPSA) is 92.4 Å². The highest BCUT2D eigenvalue weighted by molar-refractivity contribution is 5.85. The Morgan fingerprint density at radius 1 is 1.40 bits per heavy atom. The zero-order chi connectivity index (χ0) is 11.8. The van der Waals surface area contributed by atoms with Crippen LogP contribution < -0.4 is 11.1 Å². The van der Waals surface area contributed by atoms with Gasteiger partial charge in [0.15, 0.2) is 0 Å². The summed E-state index contributed by atoms with van der Waals surface area (Å²) in [7, 11) is 0. The van der Waals surface area contributed by atoms with Crippen molar-refractivity contribution in [3.05, 3.63) is 0 Å². The van der Waals surface area contributed by atoms with Gasteiger partial charge in [-0.3, -0.25) is 4.79 Å². The molecule has 0 aromatic heterocycles. The van der Waals surface area contributed by atoms with Crippen LogP contribution in [0.25, 0.3) is 0 Å². The molecule has 0 aliphatic carbocycles. The van der Waals surface area contributed by atoms with E-state index in [2.05, 4.69) is 5.32 Å². The summed E-state index contributed by atoms with van der Waals surface area (Å²) >= 11 is 0. The molecule has 0 aliphatic heterocycles. The van der Waals surface area contributed by atoms with Gasteiger partial charge in [-0.2, -0.15) is 0 Å². The molecular weight excluding hydrogens is 196 g/mol. The van der Waals surface area contributed by atoms with Crippen LogP contribution in [0.1, 0.15) is 33.1 Å². The Balaban J connectivity index is 4.24. The van der Waals surface area contributed by atoms with Crippen LogP contribution in [0.4, 0.5) is 0 Å². The van der Waals surface area contributed by atoms with E-state index in [0.29, 0.717) is 12.8 Å². The van der Waals surface area contributed by atoms with Crippen molar-refractivity contribution < 1.29 is 14.7 Å². The Bertz CT molecular complexity index is 219. The summed E-state index contributed by atoms with van der Waals surface area (Å²) in [6.07, 6.45) is 1.93. The number of nitrogens with two attached hydrogens (primary N) is 1. The van der Waals surface area contributed by atoms with Gasteiger partial charge in [0.1, 0.15) is 6.04 Å². The summed E-state index contributed by atoms with van der Waals surface area (Å²) in [5, 5.41) is 11.2. The van der Waals surface area contributed by atoms with E-state index in [1.165, 1.54) is 0 Å². The Labute approximate surface area is 90.0 Å². The monoisotopic (exact) mass is 216 g/mol. The van der Waals surface area contributed by atoms with Crippen molar-refractivity contribution in [2.24, 2.45) is 11.7 Å². The zero-order valence-electron chi connectivity index (χ0n) is 9.32. The third-order valence-corrected chi connectivity index (χ3v) is 2.32. The van der Waals surface area contributed by atoms with Crippen LogP contribution >= 0.6 is 0 Å². The minimum atomic E-state index is -1.00. The molecule has 0 radical (unpaired) electrons. The van der Waals surface area contributed by atoms with Crippen LogP contribution in [-0.2, 0) is 9.59 Å². The first-order valence-electron chi connectivity index (χ1n) is 5.30. The molecule has 0 spiro atoms. The predicted molar refractivity (Wildman–Crippen MR) is 57.3 cm³/mol. The maximum absolute atomic E-state index is 11.6. The molecule has 88 valence electrons. The second kappa shape index (κ2) is 7.23. The number of hydrogen-bond donors (Lipinski definition) is 3. The molecule has 0 fully saturated rings. The third kappa shape index (κ3) is 4.78. The molecule has 2 unspecified atom stereocenters. The van der Waals surface area contributed by atoms with Gasteiger partial charge in [0.05, 0.1) is 5.92 Å².